The minimum Gasteiger partial charge on any atom is -0.382 e. The van der Waals surface area contributed by atoms with Gasteiger partial charge in [0.1, 0.15) is 11.5 Å². The van der Waals surface area contributed by atoms with Crippen molar-refractivity contribution in [2.75, 3.05) is 36.9 Å². The Balaban J connectivity index is 2.34. The maximum Gasteiger partial charge on any atom is 0.292 e. The number of aromatic nitrogens is 2. The van der Waals surface area contributed by atoms with Crippen LogP contribution in [0.5, 0.6) is 0 Å². The highest BCUT2D eigenvalue weighted by Crippen LogP contribution is 2.16. The van der Waals surface area contributed by atoms with E-state index in [2.05, 4.69) is 5.10 Å². The summed E-state index contributed by atoms with van der Waals surface area (Å²) in [5, 5.41) is 2.77. The first kappa shape index (κ1) is 9.14. The van der Waals surface area contributed by atoms with Gasteiger partial charge in [0.15, 0.2) is 0 Å². The van der Waals surface area contributed by atoms with Gasteiger partial charge in [-0.25, -0.2) is 0 Å². The molecular weight excluding hydrogens is 184 g/mol. The van der Waals surface area contributed by atoms with Crippen LogP contribution in [-0.4, -0.2) is 36.1 Å². The topological polar surface area (TPSA) is 76.3 Å². The minimum absolute atomic E-state index is 0.0793. The van der Waals surface area contributed by atoms with E-state index in [9.17, 15) is 4.79 Å². The molecule has 0 amide bonds. The van der Waals surface area contributed by atoms with Crippen molar-refractivity contribution in [1.29, 1.82) is 0 Å². The van der Waals surface area contributed by atoms with Crippen LogP contribution >= 0.6 is 0 Å². The molecule has 1 aromatic rings. The Morgan fingerprint density at radius 2 is 2.07 bits per heavy atom. The lowest BCUT2D eigenvalue weighted by atomic mass is 10.3. The number of hydrogen-bond acceptors (Lipinski definition) is 4. The Hall–Kier alpha value is -1.43. The molecule has 0 radical (unpaired) electrons. The molecule has 2 rings (SSSR count). The van der Waals surface area contributed by atoms with Crippen molar-refractivity contribution in [2.45, 2.75) is 0 Å². The Morgan fingerprint density at radius 3 is 2.57 bits per heavy atom. The van der Waals surface area contributed by atoms with Crippen molar-refractivity contribution in [3.8, 4) is 0 Å². The number of aromatic amines is 1. The van der Waals surface area contributed by atoms with Gasteiger partial charge >= 0.3 is 0 Å². The molecule has 2 heterocycles. The molecule has 1 aliphatic rings. The number of nitrogens with two attached hydrogens (primary N) is 1. The second-order valence-electron chi connectivity index (χ2n) is 3.34. The van der Waals surface area contributed by atoms with Crippen LogP contribution in [0, 0.1) is 0 Å². The van der Waals surface area contributed by atoms with E-state index in [0.29, 0.717) is 24.7 Å². The summed E-state index contributed by atoms with van der Waals surface area (Å²) in [5.41, 5.74) is 6.20. The predicted molar refractivity (Wildman–Crippen MR) is 53.5 cm³/mol. The molecule has 0 bridgehead atoms. The van der Waals surface area contributed by atoms with Gasteiger partial charge in [0.05, 0.1) is 13.2 Å². The second-order valence-corrected chi connectivity index (χ2v) is 3.34. The largest absolute Gasteiger partial charge is 0.382 e. The van der Waals surface area contributed by atoms with Crippen LogP contribution in [0.2, 0.25) is 0 Å². The van der Waals surface area contributed by atoms with Crippen molar-refractivity contribution in [1.82, 2.24) is 9.78 Å². The SMILES string of the molecule is Cn1[nH]c(N)c(N2CCOCC2)c1=O. The fourth-order valence-electron chi connectivity index (χ4n) is 1.65. The summed E-state index contributed by atoms with van der Waals surface area (Å²) in [6.45, 7) is 2.73. The summed E-state index contributed by atoms with van der Waals surface area (Å²) >= 11 is 0. The third-order valence-electron chi connectivity index (χ3n) is 2.38. The minimum atomic E-state index is -0.0793. The number of morpholine rings is 1. The van der Waals surface area contributed by atoms with Gasteiger partial charge in [-0.05, 0) is 0 Å². The highest BCUT2D eigenvalue weighted by atomic mass is 16.5. The van der Waals surface area contributed by atoms with E-state index in [0.717, 1.165) is 13.1 Å². The molecule has 14 heavy (non-hydrogen) atoms. The normalized spacial score (nSPS) is 17.4. The zero-order valence-electron chi connectivity index (χ0n) is 8.12. The number of ether oxygens (including phenoxy) is 1. The molecule has 0 aromatic carbocycles. The summed E-state index contributed by atoms with van der Waals surface area (Å²) in [6, 6.07) is 0. The monoisotopic (exact) mass is 198 g/mol. The van der Waals surface area contributed by atoms with Gasteiger partial charge < -0.3 is 15.4 Å². The van der Waals surface area contributed by atoms with Crippen LogP contribution < -0.4 is 16.2 Å². The first-order valence-corrected chi connectivity index (χ1v) is 4.57. The van der Waals surface area contributed by atoms with Crippen LogP contribution in [0.25, 0.3) is 0 Å². The van der Waals surface area contributed by atoms with Gasteiger partial charge in [0.25, 0.3) is 5.56 Å². The van der Waals surface area contributed by atoms with Gasteiger partial charge in [-0.2, -0.15) is 0 Å². The number of hydrogen-bond donors (Lipinski definition) is 2. The van der Waals surface area contributed by atoms with E-state index >= 15 is 0 Å². The Kier molecular flexibility index (Phi) is 2.20. The van der Waals surface area contributed by atoms with Crippen molar-refractivity contribution >= 4 is 11.5 Å². The first-order chi connectivity index (χ1) is 6.70. The zero-order chi connectivity index (χ0) is 10.1. The highest BCUT2D eigenvalue weighted by molar-refractivity contribution is 5.62. The van der Waals surface area contributed by atoms with Gasteiger partial charge in [0.2, 0.25) is 0 Å². The molecule has 1 saturated heterocycles. The van der Waals surface area contributed by atoms with Crippen molar-refractivity contribution in [3.63, 3.8) is 0 Å². The van der Waals surface area contributed by atoms with E-state index in [-0.39, 0.29) is 5.56 Å². The smallest absolute Gasteiger partial charge is 0.292 e. The quantitative estimate of drug-likeness (QED) is 0.615. The number of aryl methyl sites for hydroxylation is 1. The Bertz CT molecular complexity index is 375. The van der Waals surface area contributed by atoms with Crippen LogP contribution in [0.3, 0.4) is 0 Å². The third-order valence-corrected chi connectivity index (χ3v) is 2.38. The third kappa shape index (κ3) is 1.37. The van der Waals surface area contributed by atoms with Gasteiger partial charge in [-0.3, -0.25) is 14.6 Å². The predicted octanol–water partition coefficient (Wildman–Crippen LogP) is -0.868. The second kappa shape index (κ2) is 3.38. The standard InChI is InChI=1S/C8H14N4O2/c1-11-8(13)6(7(9)10-11)12-2-4-14-5-3-12/h10H,2-5,9H2,1H3. The fourth-order valence-corrected chi connectivity index (χ4v) is 1.65. The number of nitrogens with zero attached hydrogens (tertiary/aromatic N) is 2. The summed E-state index contributed by atoms with van der Waals surface area (Å²) < 4.78 is 6.60. The average molecular weight is 198 g/mol. The molecule has 0 atom stereocenters. The number of anilines is 2. The number of H-pyrrole nitrogens is 1. The van der Waals surface area contributed by atoms with E-state index in [4.69, 9.17) is 10.5 Å². The molecule has 6 heteroatoms. The molecule has 1 aliphatic heterocycles. The van der Waals surface area contributed by atoms with Crippen molar-refractivity contribution in [2.24, 2.45) is 7.05 Å². The van der Waals surface area contributed by atoms with Gasteiger partial charge in [-0.1, -0.05) is 0 Å². The number of rotatable bonds is 1. The molecule has 78 valence electrons. The van der Waals surface area contributed by atoms with Crippen LogP contribution in [0.1, 0.15) is 0 Å². The van der Waals surface area contributed by atoms with E-state index in [1.165, 1.54) is 4.68 Å². The summed E-state index contributed by atoms with van der Waals surface area (Å²) in [6.07, 6.45) is 0. The number of nitrogen functional groups attached to an aromatic ring is 1. The summed E-state index contributed by atoms with van der Waals surface area (Å²) in [7, 11) is 1.66. The Morgan fingerprint density at radius 1 is 1.43 bits per heavy atom. The summed E-state index contributed by atoms with van der Waals surface area (Å²) in [5.74, 6) is 0.430. The molecular formula is C8H14N4O2. The Labute approximate surface area is 81.2 Å². The number of nitrogens with one attached hydrogen (secondary N) is 1. The molecule has 1 aromatic heterocycles. The fraction of sp³-hybridized carbons (Fsp3) is 0.625. The zero-order valence-corrected chi connectivity index (χ0v) is 8.12. The lowest BCUT2D eigenvalue weighted by Crippen LogP contribution is -2.39. The lowest BCUT2D eigenvalue weighted by molar-refractivity contribution is 0.122. The lowest BCUT2D eigenvalue weighted by Gasteiger charge is -2.27. The van der Waals surface area contributed by atoms with Crippen molar-refractivity contribution < 1.29 is 4.74 Å². The van der Waals surface area contributed by atoms with Crippen molar-refractivity contribution in [3.05, 3.63) is 10.4 Å². The molecule has 0 unspecified atom stereocenters. The first-order valence-electron chi connectivity index (χ1n) is 4.57. The van der Waals surface area contributed by atoms with Gasteiger partial charge in [0, 0.05) is 20.1 Å². The van der Waals surface area contributed by atoms with Crippen LogP contribution in [0.4, 0.5) is 11.5 Å². The molecule has 0 aliphatic carbocycles. The molecule has 1 fully saturated rings. The highest BCUT2D eigenvalue weighted by Gasteiger charge is 2.19. The van der Waals surface area contributed by atoms with E-state index in [1.54, 1.807) is 7.05 Å². The van der Waals surface area contributed by atoms with Crippen LogP contribution in [-0.2, 0) is 11.8 Å². The average Bonchev–Trinajstić information content (AvgIpc) is 2.43. The molecule has 6 nitrogen and oxygen atoms in total. The molecule has 3 N–H and O–H groups in total. The van der Waals surface area contributed by atoms with E-state index in [1.807, 2.05) is 4.90 Å². The molecule has 0 saturated carbocycles. The maximum absolute atomic E-state index is 11.7. The van der Waals surface area contributed by atoms with E-state index < -0.39 is 0 Å². The maximum atomic E-state index is 11.7. The van der Waals surface area contributed by atoms with Gasteiger partial charge in [-0.15, -0.1) is 0 Å². The van der Waals surface area contributed by atoms with Crippen LogP contribution in [0.15, 0.2) is 4.79 Å². The summed E-state index contributed by atoms with van der Waals surface area (Å²) in [4.78, 5) is 13.6. The molecule has 0 spiro atoms.